The van der Waals surface area contributed by atoms with Crippen LogP contribution in [0.3, 0.4) is 0 Å². The Kier molecular flexibility index (Phi) is 3.87. The van der Waals surface area contributed by atoms with E-state index in [9.17, 15) is 4.79 Å². The predicted octanol–water partition coefficient (Wildman–Crippen LogP) is 3.11. The highest BCUT2D eigenvalue weighted by atomic mass is 79.9. The van der Waals surface area contributed by atoms with Crippen LogP contribution in [0.2, 0.25) is 0 Å². The largest absolute Gasteiger partial charge is 0.339 e. The lowest BCUT2D eigenvalue weighted by atomic mass is 9.98. The second-order valence-electron chi connectivity index (χ2n) is 6.14. The Morgan fingerprint density at radius 2 is 1.95 bits per heavy atom. The fourth-order valence-corrected chi connectivity index (χ4v) is 3.82. The molecule has 0 aliphatic carbocycles. The molecule has 1 aromatic carbocycles. The fourth-order valence-electron chi connectivity index (χ4n) is 3.44. The van der Waals surface area contributed by atoms with Gasteiger partial charge < -0.3 is 10.2 Å². The summed E-state index contributed by atoms with van der Waals surface area (Å²) in [6, 6.07) is 7.45. The first-order valence-corrected chi connectivity index (χ1v) is 8.13. The molecule has 4 heteroatoms. The van der Waals surface area contributed by atoms with Crippen LogP contribution in [0.25, 0.3) is 0 Å². The normalized spacial score (nSPS) is 28.4. The second kappa shape index (κ2) is 5.49. The third-order valence-electron chi connectivity index (χ3n) is 4.74. The van der Waals surface area contributed by atoms with Gasteiger partial charge in [-0.25, -0.2) is 0 Å². The molecule has 2 aliphatic rings. The van der Waals surface area contributed by atoms with Crippen LogP contribution in [0, 0.1) is 6.92 Å². The average Bonchev–Trinajstić information content (AvgIpc) is 2.79. The number of carbonyl (C=O) groups excluding carboxylic acids is 1. The van der Waals surface area contributed by atoms with E-state index in [2.05, 4.69) is 21.2 Å². The lowest BCUT2D eigenvalue weighted by molar-refractivity contribution is 0.0681. The minimum absolute atomic E-state index is 0.136. The summed E-state index contributed by atoms with van der Waals surface area (Å²) >= 11 is 3.51. The first-order chi connectivity index (χ1) is 9.54. The molecule has 2 heterocycles. The maximum absolute atomic E-state index is 12.6. The highest BCUT2D eigenvalue weighted by Crippen LogP contribution is 2.30. The van der Waals surface area contributed by atoms with Gasteiger partial charge in [-0.3, -0.25) is 4.79 Å². The summed E-state index contributed by atoms with van der Waals surface area (Å²) in [5.41, 5.74) is 1.93. The Balaban J connectivity index is 1.74. The van der Waals surface area contributed by atoms with E-state index < -0.39 is 0 Å². The van der Waals surface area contributed by atoms with Gasteiger partial charge in [-0.05, 0) is 50.3 Å². The van der Waals surface area contributed by atoms with Crippen LogP contribution in [-0.2, 0) is 0 Å². The number of benzene rings is 1. The van der Waals surface area contributed by atoms with Gasteiger partial charge in [-0.15, -0.1) is 0 Å². The molecule has 0 aromatic heterocycles. The lowest BCUT2D eigenvalue weighted by Crippen LogP contribution is -2.48. The Morgan fingerprint density at radius 3 is 2.55 bits per heavy atom. The van der Waals surface area contributed by atoms with E-state index in [1.807, 2.05) is 37.1 Å². The van der Waals surface area contributed by atoms with Crippen molar-refractivity contribution in [3.8, 4) is 0 Å². The zero-order valence-corrected chi connectivity index (χ0v) is 13.6. The Bertz CT molecular complexity index is 519. The Labute approximate surface area is 128 Å². The monoisotopic (exact) mass is 336 g/mol. The number of rotatable bonds is 2. The molecule has 2 unspecified atom stereocenters. The third-order valence-corrected chi connectivity index (χ3v) is 5.59. The molecule has 3 rings (SSSR count). The first kappa shape index (κ1) is 14.1. The number of aryl methyl sites for hydroxylation is 1. The van der Waals surface area contributed by atoms with Crippen molar-refractivity contribution in [2.45, 2.75) is 50.7 Å². The lowest BCUT2D eigenvalue weighted by Gasteiger charge is -2.35. The standard InChI is InChI=1S/C16H21BrN2O/c1-10-3-4-11(7-15(10)17)16(20)19(2)14-8-12-5-6-13(9-14)18-12/h3-4,7,12-14,18H,5-6,8-9H2,1-2H3. The van der Waals surface area contributed by atoms with Crippen LogP contribution in [-0.4, -0.2) is 36.0 Å². The molecule has 2 saturated heterocycles. The number of fused-ring (bicyclic) bond motifs is 2. The molecule has 2 aliphatic heterocycles. The van der Waals surface area contributed by atoms with Gasteiger partial charge in [0, 0.05) is 35.2 Å². The summed E-state index contributed by atoms with van der Waals surface area (Å²) in [6.45, 7) is 2.03. The number of hydrogen-bond acceptors (Lipinski definition) is 2. The maximum Gasteiger partial charge on any atom is 0.253 e. The Morgan fingerprint density at radius 1 is 1.30 bits per heavy atom. The minimum atomic E-state index is 0.136. The fraction of sp³-hybridized carbons (Fsp3) is 0.562. The van der Waals surface area contributed by atoms with Crippen molar-refractivity contribution in [1.29, 1.82) is 0 Å². The number of halogens is 1. The minimum Gasteiger partial charge on any atom is -0.339 e. The van der Waals surface area contributed by atoms with E-state index in [0.29, 0.717) is 18.1 Å². The molecule has 20 heavy (non-hydrogen) atoms. The SMILES string of the molecule is Cc1ccc(C(=O)N(C)C2CC3CCC(C2)N3)cc1Br. The molecule has 1 amide bonds. The quantitative estimate of drug-likeness (QED) is 0.899. The topological polar surface area (TPSA) is 32.3 Å². The van der Waals surface area contributed by atoms with Crippen LogP contribution in [0.5, 0.6) is 0 Å². The van der Waals surface area contributed by atoms with E-state index in [4.69, 9.17) is 0 Å². The van der Waals surface area contributed by atoms with Crippen molar-refractivity contribution in [1.82, 2.24) is 10.2 Å². The summed E-state index contributed by atoms with van der Waals surface area (Å²) < 4.78 is 1.00. The number of amides is 1. The van der Waals surface area contributed by atoms with Crippen molar-refractivity contribution in [2.75, 3.05) is 7.05 Å². The van der Waals surface area contributed by atoms with E-state index in [1.54, 1.807) is 0 Å². The van der Waals surface area contributed by atoms with Gasteiger partial charge in [-0.2, -0.15) is 0 Å². The molecule has 0 radical (unpaired) electrons. The van der Waals surface area contributed by atoms with Gasteiger partial charge in [0.1, 0.15) is 0 Å². The van der Waals surface area contributed by atoms with Crippen LogP contribution >= 0.6 is 15.9 Å². The summed E-state index contributed by atoms with van der Waals surface area (Å²) in [5, 5.41) is 3.62. The molecule has 2 bridgehead atoms. The molecule has 3 nitrogen and oxygen atoms in total. The molecular formula is C16H21BrN2O. The predicted molar refractivity (Wildman–Crippen MR) is 83.9 cm³/mol. The van der Waals surface area contributed by atoms with E-state index in [1.165, 1.54) is 12.8 Å². The summed E-state index contributed by atoms with van der Waals surface area (Å²) in [5.74, 6) is 0.136. The molecule has 2 fully saturated rings. The molecule has 1 aromatic rings. The zero-order chi connectivity index (χ0) is 14.3. The summed E-state index contributed by atoms with van der Waals surface area (Å²) in [7, 11) is 1.95. The van der Waals surface area contributed by atoms with E-state index in [0.717, 1.165) is 28.4 Å². The number of nitrogens with zero attached hydrogens (tertiary/aromatic N) is 1. The number of nitrogens with one attached hydrogen (secondary N) is 1. The molecule has 108 valence electrons. The highest BCUT2D eigenvalue weighted by molar-refractivity contribution is 9.10. The van der Waals surface area contributed by atoms with Crippen molar-refractivity contribution >= 4 is 21.8 Å². The van der Waals surface area contributed by atoms with E-state index in [-0.39, 0.29) is 5.91 Å². The van der Waals surface area contributed by atoms with Crippen molar-refractivity contribution in [2.24, 2.45) is 0 Å². The number of carbonyl (C=O) groups is 1. The molecule has 2 atom stereocenters. The first-order valence-electron chi connectivity index (χ1n) is 7.34. The van der Waals surface area contributed by atoms with Crippen LogP contribution in [0.4, 0.5) is 0 Å². The highest BCUT2D eigenvalue weighted by Gasteiger charge is 2.36. The van der Waals surface area contributed by atoms with Crippen LogP contribution < -0.4 is 5.32 Å². The smallest absolute Gasteiger partial charge is 0.253 e. The third kappa shape index (κ3) is 2.63. The van der Waals surface area contributed by atoms with E-state index >= 15 is 0 Å². The van der Waals surface area contributed by atoms with Crippen LogP contribution in [0.1, 0.15) is 41.6 Å². The average molecular weight is 337 g/mol. The maximum atomic E-state index is 12.6. The number of piperidine rings is 1. The summed E-state index contributed by atoms with van der Waals surface area (Å²) in [6.07, 6.45) is 4.70. The van der Waals surface area contributed by atoms with Gasteiger partial charge in [0.05, 0.1) is 0 Å². The zero-order valence-electron chi connectivity index (χ0n) is 12.0. The molecule has 0 spiro atoms. The molecular weight excluding hydrogens is 316 g/mol. The summed E-state index contributed by atoms with van der Waals surface area (Å²) in [4.78, 5) is 14.6. The van der Waals surface area contributed by atoms with Gasteiger partial charge in [0.15, 0.2) is 0 Å². The van der Waals surface area contributed by atoms with Gasteiger partial charge in [0.2, 0.25) is 0 Å². The van der Waals surface area contributed by atoms with Crippen LogP contribution in [0.15, 0.2) is 22.7 Å². The van der Waals surface area contributed by atoms with Gasteiger partial charge in [0.25, 0.3) is 5.91 Å². The van der Waals surface area contributed by atoms with Gasteiger partial charge >= 0.3 is 0 Å². The molecule has 1 N–H and O–H groups in total. The van der Waals surface area contributed by atoms with Crippen molar-refractivity contribution in [3.63, 3.8) is 0 Å². The van der Waals surface area contributed by atoms with Gasteiger partial charge in [-0.1, -0.05) is 22.0 Å². The second-order valence-corrected chi connectivity index (χ2v) is 7.00. The molecule has 0 saturated carbocycles. The Hall–Kier alpha value is -0.870. The number of hydrogen-bond donors (Lipinski definition) is 1. The van der Waals surface area contributed by atoms with Crippen molar-refractivity contribution in [3.05, 3.63) is 33.8 Å². The van der Waals surface area contributed by atoms with Crippen molar-refractivity contribution < 1.29 is 4.79 Å².